The lowest BCUT2D eigenvalue weighted by atomic mass is 10.2. The molecule has 0 radical (unpaired) electrons. The van der Waals surface area contributed by atoms with E-state index >= 15 is 0 Å². The van der Waals surface area contributed by atoms with Crippen LogP contribution in [0.25, 0.3) is 0 Å². The van der Waals surface area contributed by atoms with Gasteiger partial charge in [-0.2, -0.15) is 5.10 Å². The summed E-state index contributed by atoms with van der Waals surface area (Å²) in [6.45, 7) is 7.69. The Labute approximate surface area is 192 Å². The average Bonchev–Trinajstić information content (AvgIpc) is 3.08. The number of morpholine rings is 1. The lowest BCUT2D eigenvalue weighted by Crippen LogP contribution is -2.49. The van der Waals surface area contributed by atoms with Gasteiger partial charge in [-0.15, -0.1) is 0 Å². The van der Waals surface area contributed by atoms with Gasteiger partial charge in [0.1, 0.15) is 17.3 Å². The van der Waals surface area contributed by atoms with Gasteiger partial charge in [-0.05, 0) is 19.1 Å². The number of carbonyl (C=O) groups excluding carboxylic acids is 1. The first-order chi connectivity index (χ1) is 15.0. The van der Waals surface area contributed by atoms with E-state index in [0.717, 1.165) is 43.4 Å². The standard InChI is InChI=1S/C21H27Cl2N5O3/c1-15-20(23)21(27-9-11-31-12-10-27)24-28(15)14-19(29)26-7-5-25(6-8-26)16-3-4-17(22)18(13-16)30-2/h3-4,13H,5-12,14H2,1-2H3. The minimum absolute atomic E-state index is 0.0455. The van der Waals surface area contributed by atoms with Crippen molar-refractivity contribution in [1.29, 1.82) is 0 Å². The number of methoxy groups -OCH3 is 1. The van der Waals surface area contributed by atoms with E-state index in [4.69, 9.17) is 32.7 Å². The quantitative estimate of drug-likeness (QED) is 0.673. The van der Waals surface area contributed by atoms with Gasteiger partial charge in [0.05, 0.1) is 31.0 Å². The fourth-order valence-corrected chi connectivity index (χ4v) is 4.38. The summed E-state index contributed by atoms with van der Waals surface area (Å²) in [6.07, 6.45) is 0. The van der Waals surface area contributed by atoms with Crippen molar-refractivity contribution in [3.05, 3.63) is 33.9 Å². The number of hydrogen-bond acceptors (Lipinski definition) is 6. The number of aromatic nitrogens is 2. The van der Waals surface area contributed by atoms with Crippen molar-refractivity contribution in [3.8, 4) is 5.75 Å². The fourth-order valence-electron chi connectivity index (χ4n) is 3.93. The van der Waals surface area contributed by atoms with Gasteiger partial charge in [0, 0.05) is 51.0 Å². The Bertz CT molecular complexity index is 937. The Morgan fingerprint density at radius 3 is 2.48 bits per heavy atom. The van der Waals surface area contributed by atoms with Gasteiger partial charge in [0.15, 0.2) is 5.82 Å². The van der Waals surface area contributed by atoms with Crippen LogP contribution in [-0.2, 0) is 16.1 Å². The number of halogens is 2. The second-order valence-corrected chi connectivity index (χ2v) is 8.45. The highest BCUT2D eigenvalue weighted by Crippen LogP contribution is 2.30. The van der Waals surface area contributed by atoms with Crippen LogP contribution in [0.1, 0.15) is 5.69 Å². The molecule has 0 N–H and O–H groups in total. The number of amides is 1. The van der Waals surface area contributed by atoms with Gasteiger partial charge < -0.3 is 24.2 Å². The van der Waals surface area contributed by atoms with E-state index in [9.17, 15) is 4.79 Å². The molecule has 2 aromatic rings. The molecule has 0 unspecified atom stereocenters. The molecule has 0 spiro atoms. The van der Waals surface area contributed by atoms with Crippen molar-refractivity contribution in [2.45, 2.75) is 13.5 Å². The molecule has 0 saturated carbocycles. The molecule has 2 saturated heterocycles. The van der Waals surface area contributed by atoms with E-state index in [1.807, 2.05) is 30.0 Å². The van der Waals surface area contributed by atoms with Gasteiger partial charge in [0.2, 0.25) is 5.91 Å². The average molecular weight is 468 g/mol. The predicted molar refractivity (Wildman–Crippen MR) is 122 cm³/mol. The Morgan fingerprint density at radius 1 is 1.10 bits per heavy atom. The molecule has 2 fully saturated rings. The van der Waals surface area contributed by atoms with Crippen LogP contribution in [0, 0.1) is 6.92 Å². The molecule has 0 atom stereocenters. The van der Waals surface area contributed by atoms with Crippen molar-refractivity contribution in [2.75, 3.05) is 69.4 Å². The third-order valence-corrected chi connectivity index (χ3v) is 6.60. The zero-order valence-corrected chi connectivity index (χ0v) is 19.3. The first-order valence-electron chi connectivity index (χ1n) is 10.4. The van der Waals surface area contributed by atoms with Crippen molar-refractivity contribution < 1.29 is 14.3 Å². The largest absolute Gasteiger partial charge is 0.495 e. The molecule has 4 rings (SSSR count). The van der Waals surface area contributed by atoms with Gasteiger partial charge in [0.25, 0.3) is 0 Å². The Hall–Kier alpha value is -2.16. The summed E-state index contributed by atoms with van der Waals surface area (Å²) in [4.78, 5) is 19.2. The van der Waals surface area contributed by atoms with Gasteiger partial charge >= 0.3 is 0 Å². The molecule has 3 heterocycles. The van der Waals surface area contributed by atoms with Gasteiger partial charge in [-0.25, -0.2) is 0 Å². The molecule has 168 valence electrons. The fraction of sp³-hybridized carbons (Fsp3) is 0.524. The van der Waals surface area contributed by atoms with E-state index in [1.165, 1.54) is 0 Å². The molecule has 1 amide bonds. The third-order valence-electron chi connectivity index (χ3n) is 5.84. The second kappa shape index (κ2) is 9.54. The van der Waals surface area contributed by atoms with Crippen LogP contribution in [0.15, 0.2) is 18.2 Å². The highest BCUT2D eigenvalue weighted by Gasteiger charge is 2.25. The maximum atomic E-state index is 12.9. The molecule has 1 aromatic heterocycles. The molecule has 0 aliphatic carbocycles. The molecule has 31 heavy (non-hydrogen) atoms. The van der Waals surface area contributed by atoms with Crippen LogP contribution in [0.2, 0.25) is 10.0 Å². The summed E-state index contributed by atoms with van der Waals surface area (Å²) in [6, 6.07) is 5.75. The molecule has 2 aliphatic rings. The number of ether oxygens (including phenoxy) is 2. The normalized spacial score (nSPS) is 17.2. The van der Waals surface area contributed by atoms with Gasteiger partial charge in [-0.1, -0.05) is 23.2 Å². The minimum Gasteiger partial charge on any atom is -0.495 e. The van der Waals surface area contributed by atoms with Gasteiger partial charge in [-0.3, -0.25) is 9.48 Å². The van der Waals surface area contributed by atoms with Crippen LogP contribution in [0.5, 0.6) is 5.75 Å². The number of anilines is 2. The zero-order chi connectivity index (χ0) is 22.0. The first kappa shape index (κ1) is 22.0. The highest BCUT2D eigenvalue weighted by molar-refractivity contribution is 6.33. The number of benzene rings is 1. The summed E-state index contributed by atoms with van der Waals surface area (Å²) in [5.41, 5.74) is 1.85. The number of rotatable bonds is 5. The van der Waals surface area contributed by atoms with Crippen LogP contribution in [0.3, 0.4) is 0 Å². The second-order valence-electron chi connectivity index (χ2n) is 7.67. The van der Waals surface area contributed by atoms with E-state index in [1.54, 1.807) is 11.8 Å². The SMILES string of the molecule is COc1cc(N2CCN(C(=O)Cn3nc(N4CCOCC4)c(Cl)c3C)CC2)ccc1Cl. The lowest BCUT2D eigenvalue weighted by Gasteiger charge is -2.36. The van der Waals surface area contributed by atoms with Crippen LogP contribution < -0.4 is 14.5 Å². The summed E-state index contributed by atoms with van der Waals surface area (Å²) in [5.74, 6) is 1.43. The van der Waals surface area contributed by atoms with Crippen molar-refractivity contribution in [1.82, 2.24) is 14.7 Å². The monoisotopic (exact) mass is 467 g/mol. The maximum absolute atomic E-state index is 12.9. The predicted octanol–water partition coefficient (Wildman–Crippen LogP) is 2.69. The van der Waals surface area contributed by atoms with Crippen LogP contribution in [0.4, 0.5) is 11.5 Å². The van der Waals surface area contributed by atoms with Crippen molar-refractivity contribution >= 4 is 40.6 Å². The Balaban J connectivity index is 1.37. The molecule has 0 bridgehead atoms. The number of nitrogens with zero attached hydrogens (tertiary/aromatic N) is 5. The number of piperazine rings is 1. The maximum Gasteiger partial charge on any atom is 0.244 e. The molecule has 2 aliphatic heterocycles. The topological polar surface area (TPSA) is 63.1 Å². The molecular weight excluding hydrogens is 441 g/mol. The summed E-state index contributed by atoms with van der Waals surface area (Å²) in [7, 11) is 1.61. The summed E-state index contributed by atoms with van der Waals surface area (Å²) in [5, 5.41) is 5.82. The summed E-state index contributed by atoms with van der Waals surface area (Å²) < 4.78 is 12.4. The van der Waals surface area contributed by atoms with Crippen LogP contribution in [-0.4, -0.2) is 80.2 Å². The first-order valence-corrected chi connectivity index (χ1v) is 11.2. The highest BCUT2D eigenvalue weighted by atomic mass is 35.5. The van der Waals surface area contributed by atoms with Crippen molar-refractivity contribution in [2.24, 2.45) is 0 Å². The van der Waals surface area contributed by atoms with E-state index in [-0.39, 0.29) is 12.5 Å². The molecular formula is C21H27Cl2N5O3. The van der Waals surface area contributed by atoms with Crippen LogP contribution >= 0.6 is 23.2 Å². The third kappa shape index (κ3) is 4.71. The van der Waals surface area contributed by atoms with E-state index in [2.05, 4.69) is 14.9 Å². The molecule has 10 heteroatoms. The lowest BCUT2D eigenvalue weighted by molar-refractivity contribution is -0.132. The minimum atomic E-state index is 0.0455. The molecule has 8 nitrogen and oxygen atoms in total. The smallest absolute Gasteiger partial charge is 0.244 e. The Kier molecular flexibility index (Phi) is 6.79. The number of hydrogen-bond donors (Lipinski definition) is 0. The Morgan fingerprint density at radius 2 is 1.81 bits per heavy atom. The van der Waals surface area contributed by atoms with E-state index < -0.39 is 0 Å². The molecule has 1 aromatic carbocycles. The summed E-state index contributed by atoms with van der Waals surface area (Å²) >= 11 is 12.7. The number of carbonyl (C=O) groups is 1. The van der Waals surface area contributed by atoms with E-state index in [0.29, 0.717) is 42.1 Å². The van der Waals surface area contributed by atoms with Crippen molar-refractivity contribution in [3.63, 3.8) is 0 Å². The zero-order valence-electron chi connectivity index (χ0n) is 17.8.